The Morgan fingerprint density at radius 3 is 2.75 bits per heavy atom. The fourth-order valence-electron chi connectivity index (χ4n) is 2.53. The number of nitrogens with zero attached hydrogens (tertiary/aromatic N) is 5. The molecule has 0 aromatic carbocycles. The summed E-state index contributed by atoms with van der Waals surface area (Å²) in [4.78, 5) is 13.0. The average molecular weight is 273 g/mol. The summed E-state index contributed by atoms with van der Waals surface area (Å²) in [5.41, 5.74) is 6.51. The van der Waals surface area contributed by atoms with Gasteiger partial charge in [-0.05, 0) is 32.9 Å². The largest absolute Gasteiger partial charge is 0.382 e. The first-order valence-corrected chi connectivity index (χ1v) is 7.02. The smallest absolute Gasteiger partial charge is 0.180 e. The Morgan fingerprint density at radius 2 is 2.05 bits per heavy atom. The van der Waals surface area contributed by atoms with E-state index in [9.17, 15) is 0 Å². The fraction of sp³-hybridized carbons (Fsp3) is 0.538. The number of anilines is 1. The summed E-state index contributed by atoms with van der Waals surface area (Å²) in [6.07, 6.45) is 5.36. The van der Waals surface area contributed by atoms with Crippen molar-refractivity contribution in [1.29, 1.82) is 0 Å². The summed E-state index contributed by atoms with van der Waals surface area (Å²) in [7, 11) is 0. The van der Waals surface area contributed by atoms with Crippen molar-refractivity contribution < 1.29 is 0 Å². The third kappa shape index (κ3) is 2.36. The molecule has 7 heteroatoms. The zero-order chi connectivity index (χ0) is 13.9. The van der Waals surface area contributed by atoms with Gasteiger partial charge in [-0.25, -0.2) is 19.6 Å². The molecule has 3 heterocycles. The van der Waals surface area contributed by atoms with E-state index in [1.165, 1.54) is 0 Å². The molecular formula is C13H19N7. The molecular weight excluding hydrogens is 254 g/mol. The summed E-state index contributed by atoms with van der Waals surface area (Å²) in [5.74, 6) is 2.42. The maximum absolute atomic E-state index is 5.90. The molecule has 20 heavy (non-hydrogen) atoms. The number of nitrogens with two attached hydrogens (primary N) is 1. The predicted octanol–water partition coefficient (Wildman–Crippen LogP) is 0.804. The van der Waals surface area contributed by atoms with Crippen molar-refractivity contribution in [1.82, 2.24) is 30.0 Å². The van der Waals surface area contributed by atoms with Crippen molar-refractivity contribution >= 4 is 5.82 Å². The second-order valence-corrected chi connectivity index (χ2v) is 4.92. The van der Waals surface area contributed by atoms with E-state index in [0.717, 1.165) is 38.3 Å². The number of aryl methyl sites for hydroxylation is 1. The molecule has 1 fully saturated rings. The van der Waals surface area contributed by atoms with E-state index in [4.69, 9.17) is 5.73 Å². The highest BCUT2D eigenvalue weighted by Gasteiger charge is 2.23. The highest BCUT2D eigenvalue weighted by Crippen LogP contribution is 2.26. The van der Waals surface area contributed by atoms with Gasteiger partial charge in [0.1, 0.15) is 5.69 Å². The summed E-state index contributed by atoms with van der Waals surface area (Å²) in [6, 6.07) is 0. The quantitative estimate of drug-likeness (QED) is 0.859. The monoisotopic (exact) mass is 273 g/mol. The number of aromatic nitrogens is 5. The normalized spacial score (nSPS) is 16.4. The molecule has 106 valence electrons. The van der Waals surface area contributed by atoms with Crippen LogP contribution in [0.3, 0.4) is 0 Å². The molecule has 1 saturated heterocycles. The van der Waals surface area contributed by atoms with Crippen LogP contribution in [-0.2, 0) is 6.54 Å². The van der Waals surface area contributed by atoms with Crippen molar-refractivity contribution in [3.8, 4) is 11.5 Å². The number of piperidine rings is 1. The van der Waals surface area contributed by atoms with Crippen molar-refractivity contribution in [3.63, 3.8) is 0 Å². The van der Waals surface area contributed by atoms with Crippen LogP contribution in [0.2, 0.25) is 0 Å². The first-order chi connectivity index (χ1) is 9.79. The van der Waals surface area contributed by atoms with Gasteiger partial charge in [0.05, 0.1) is 0 Å². The molecule has 0 saturated carbocycles. The van der Waals surface area contributed by atoms with Crippen LogP contribution in [-0.4, -0.2) is 37.8 Å². The highest BCUT2D eigenvalue weighted by atomic mass is 15.4. The Labute approximate surface area is 117 Å². The van der Waals surface area contributed by atoms with Crippen LogP contribution in [0, 0.1) is 0 Å². The van der Waals surface area contributed by atoms with Crippen molar-refractivity contribution in [2.45, 2.75) is 32.2 Å². The third-order valence-corrected chi connectivity index (χ3v) is 3.63. The van der Waals surface area contributed by atoms with Crippen LogP contribution in [0.5, 0.6) is 0 Å². The van der Waals surface area contributed by atoms with E-state index in [0.29, 0.717) is 23.3 Å². The number of nitrogens with one attached hydrogen (secondary N) is 1. The first kappa shape index (κ1) is 13.0. The maximum Gasteiger partial charge on any atom is 0.180 e. The minimum absolute atomic E-state index is 0.395. The molecule has 7 nitrogen and oxygen atoms in total. The van der Waals surface area contributed by atoms with Crippen LogP contribution in [0.1, 0.15) is 31.5 Å². The minimum atomic E-state index is 0.395. The standard InChI is InChI=1S/C13H19N7/c1-2-20-13(10-11(14)17-8-7-16-10)18-12(19-20)9-3-5-15-6-4-9/h7-9,15H,2-6H2,1H3,(H2,14,17). The second-order valence-electron chi connectivity index (χ2n) is 4.92. The van der Waals surface area contributed by atoms with E-state index in [2.05, 4.69) is 25.4 Å². The Balaban J connectivity index is 1.98. The Kier molecular flexibility index (Phi) is 3.60. The molecule has 2 aromatic heterocycles. The van der Waals surface area contributed by atoms with Gasteiger partial charge in [-0.2, -0.15) is 5.10 Å². The third-order valence-electron chi connectivity index (χ3n) is 3.63. The summed E-state index contributed by atoms with van der Waals surface area (Å²) in [5, 5.41) is 7.98. The van der Waals surface area contributed by atoms with Gasteiger partial charge in [0, 0.05) is 24.9 Å². The van der Waals surface area contributed by atoms with Gasteiger partial charge in [-0.1, -0.05) is 0 Å². The molecule has 1 aliphatic heterocycles. The topological polar surface area (TPSA) is 94.5 Å². The van der Waals surface area contributed by atoms with E-state index >= 15 is 0 Å². The molecule has 0 bridgehead atoms. The number of rotatable bonds is 3. The number of hydrogen-bond donors (Lipinski definition) is 2. The van der Waals surface area contributed by atoms with Gasteiger partial charge >= 0.3 is 0 Å². The Hall–Kier alpha value is -2.02. The Morgan fingerprint density at radius 1 is 1.30 bits per heavy atom. The Bertz CT molecular complexity index is 586. The van der Waals surface area contributed by atoms with Gasteiger partial charge in [-0.3, -0.25) is 0 Å². The van der Waals surface area contributed by atoms with Crippen molar-refractivity contribution in [3.05, 3.63) is 18.2 Å². The number of nitrogen functional groups attached to an aromatic ring is 1. The van der Waals surface area contributed by atoms with Gasteiger partial charge in [0.15, 0.2) is 17.5 Å². The molecule has 0 spiro atoms. The van der Waals surface area contributed by atoms with Gasteiger partial charge in [0.2, 0.25) is 0 Å². The summed E-state index contributed by atoms with van der Waals surface area (Å²) in [6.45, 7) is 4.82. The highest BCUT2D eigenvalue weighted by molar-refractivity contribution is 5.63. The lowest BCUT2D eigenvalue weighted by molar-refractivity contribution is 0.442. The van der Waals surface area contributed by atoms with E-state index < -0.39 is 0 Å². The SMILES string of the molecule is CCn1nc(C2CCNCC2)nc1-c1nccnc1N. The van der Waals surface area contributed by atoms with Crippen molar-refractivity contribution in [2.24, 2.45) is 0 Å². The summed E-state index contributed by atoms with van der Waals surface area (Å²) < 4.78 is 1.86. The van der Waals surface area contributed by atoms with Crippen LogP contribution in [0.25, 0.3) is 11.5 Å². The summed E-state index contributed by atoms with van der Waals surface area (Å²) >= 11 is 0. The van der Waals surface area contributed by atoms with Crippen LogP contribution in [0.4, 0.5) is 5.82 Å². The van der Waals surface area contributed by atoms with Crippen LogP contribution in [0.15, 0.2) is 12.4 Å². The molecule has 1 aliphatic rings. The lowest BCUT2D eigenvalue weighted by atomic mass is 9.98. The average Bonchev–Trinajstić information content (AvgIpc) is 2.93. The maximum atomic E-state index is 5.90. The van der Waals surface area contributed by atoms with Gasteiger partial charge in [-0.15, -0.1) is 0 Å². The van der Waals surface area contributed by atoms with Gasteiger partial charge in [0.25, 0.3) is 0 Å². The molecule has 0 atom stereocenters. The van der Waals surface area contributed by atoms with Crippen LogP contribution < -0.4 is 11.1 Å². The van der Waals surface area contributed by atoms with Gasteiger partial charge < -0.3 is 11.1 Å². The van der Waals surface area contributed by atoms with E-state index in [1.54, 1.807) is 12.4 Å². The number of hydrogen-bond acceptors (Lipinski definition) is 6. The predicted molar refractivity (Wildman–Crippen MR) is 76.0 cm³/mol. The minimum Gasteiger partial charge on any atom is -0.382 e. The first-order valence-electron chi connectivity index (χ1n) is 7.02. The lowest BCUT2D eigenvalue weighted by Gasteiger charge is -2.19. The molecule has 2 aromatic rings. The molecule has 0 amide bonds. The fourth-order valence-corrected chi connectivity index (χ4v) is 2.53. The molecule has 3 N–H and O–H groups in total. The van der Waals surface area contributed by atoms with Crippen LogP contribution >= 0.6 is 0 Å². The lowest BCUT2D eigenvalue weighted by Crippen LogP contribution is -2.27. The molecule has 0 aliphatic carbocycles. The zero-order valence-corrected chi connectivity index (χ0v) is 11.6. The van der Waals surface area contributed by atoms with E-state index in [1.807, 2.05) is 11.6 Å². The zero-order valence-electron chi connectivity index (χ0n) is 11.6. The molecule has 3 rings (SSSR count). The molecule has 0 unspecified atom stereocenters. The molecule has 0 radical (unpaired) electrons. The van der Waals surface area contributed by atoms with E-state index in [-0.39, 0.29) is 0 Å². The van der Waals surface area contributed by atoms with Crippen molar-refractivity contribution in [2.75, 3.05) is 18.8 Å². The second kappa shape index (κ2) is 5.54.